The number of aryl methyl sites for hydroxylation is 1. The van der Waals surface area contributed by atoms with Crippen molar-refractivity contribution in [3.63, 3.8) is 0 Å². The standard InChI is InChI=1S/C18H23N3O4S/c1-13-6-7-15(19)11-17(13)18(22)20-12-14-4-3-5-16(10-14)26(23,24)21-8-9-25-2/h3-7,10-11,21H,8-9,12,19H2,1-2H3,(H,20,22). The van der Waals surface area contributed by atoms with E-state index in [1.165, 1.54) is 19.2 Å². The van der Waals surface area contributed by atoms with Crippen LogP contribution in [0.1, 0.15) is 21.5 Å². The van der Waals surface area contributed by atoms with E-state index in [0.717, 1.165) is 5.56 Å². The zero-order valence-electron chi connectivity index (χ0n) is 14.8. The maximum absolute atomic E-state index is 12.3. The molecule has 1 amide bonds. The van der Waals surface area contributed by atoms with Crippen LogP contribution in [-0.2, 0) is 21.3 Å². The molecule has 0 aliphatic carbocycles. The van der Waals surface area contributed by atoms with E-state index < -0.39 is 10.0 Å². The lowest BCUT2D eigenvalue weighted by Gasteiger charge is -2.10. The monoisotopic (exact) mass is 377 g/mol. The van der Waals surface area contributed by atoms with Crippen molar-refractivity contribution in [1.82, 2.24) is 10.0 Å². The zero-order valence-corrected chi connectivity index (χ0v) is 15.6. The molecule has 0 aliphatic heterocycles. The molecule has 2 rings (SSSR count). The molecule has 0 atom stereocenters. The molecule has 140 valence electrons. The first-order valence-electron chi connectivity index (χ1n) is 8.05. The van der Waals surface area contributed by atoms with Gasteiger partial charge >= 0.3 is 0 Å². The number of anilines is 1. The van der Waals surface area contributed by atoms with Gasteiger partial charge in [0.2, 0.25) is 10.0 Å². The minimum absolute atomic E-state index is 0.139. The summed E-state index contributed by atoms with van der Waals surface area (Å²) < 4.78 is 31.8. The van der Waals surface area contributed by atoms with Crippen LogP contribution in [0, 0.1) is 6.92 Å². The van der Waals surface area contributed by atoms with Crippen molar-refractivity contribution in [2.75, 3.05) is 26.0 Å². The summed E-state index contributed by atoms with van der Waals surface area (Å²) >= 11 is 0. The average Bonchev–Trinajstić information content (AvgIpc) is 2.62. The Bertz CT molecular complexity index is 882. The predicted molar refractivity (Wildman–Crippen MR) is 100 cm³/mol. The summed E-state index contributed by atoms with van der Waals surface area (Å²) in [5, 5.41) is 2.78. The van der Waals surface area contributed by atoms with Gasteiger partial charge in [-0.1, -0.05) is 18.2 Å². The third-order valence-electron chi connectivity index (χ3n) is 3.77. The number of hydrogen-bond donors (Lipinski definition) is 3. The van der Waals surface area contributed by atoms with Gasteiger partial charge in [0.15, 0.2) is 0 Å². The van der Waals surface area contributed by atoms with Gasteiger partial charge in [0.1, 0.15) is 0 Å². The Hall–Kier alpha value is -2.42. The van der Waals surface area contributed by atoms with Gasteiger partial charge in [-0.15, -0.1) is 0 Å². The van der Waals surface area contributed by atoms with E-state index in [-0.39, 0.29) is 30.5 Å². The first kappa shape index (κ1) is 19.9. The van der Waals surface area contributed by atoms with Gasteiger partial charge in [-0.05, 0) is 42.3 Å². The number of hydrogen-bond acceptors (Lipinski definition) is 5. The average molecular weight is 377 g/mol. The van der Waals surface area contributed by atoms with Gasteiger partial charge in [0.25, 0.3) is 5.91 Å². The van der Waals surface area contributed by atoms with E-state index in [1.807, 2.05) is 6.92 Å². The number of ether oxygens (including phenoxy) is 1. The molecule has 4 N–H and O–H groups in total. The third-order valence-corrected chi connectivity index (χ3v) is 5.23. The Balaban J connectivity index is 2.07. The largest absolute Gasteiger partial charge is 0.399 e. The SMILES string of the molecule is COCCNS(=O)(=O)c1cccc(CNC(=O)c2cc(N)ccc2C)c1. The summed E-state index contributed by atoms with van der Waals surface area (Å²) in [6.07, 6.45) is 0. The molecular weight excluding hydrogens is 354 g/mol. The van der Waals surface area contributed by atoms with E-state index in [4.69, 9.17) is 10.5 Å². The molecule has 2 aromatic rings. The van der Waals surface area contributed by atoms with E-state index in [9.17, 15) is 13.2 Å². The topological polar surface area (TPSA) is 111 Å². The van der Waals surface area contributed by atoms with Gasteiger partial charge in [-0.2, -0.15) is 0 Å². The molecule has 0 fully saturated rings. The Morgan fingerprint density at radius 3 is 2.69 bits per heavy atom. The van der Waals surface area contributed by atoms with Crippen LogP contribution in [0.3, 0.4) is 0 Å². The van der Waals surface area contributed by atoms with Crippen LogP contribution in [0.4, 0.5) is 5.69 Å². The second-order valence-electron chi connectivity index (χ2n) is 5.80. The summed E-state index contributed by atoms with van der Waals surface area (Å²) in [5.74, 6) is -0.263. The van der Waals surface area contributed by atoms with Gasteiger partial charge < -0.3 is 15.8 Å². The summed E-state index contributed by atoms with van der Waals surface area (Å²) in [6.45, 7) is 2.50. The van der Waals surface area contributed by atoms with E-state index in [2.05, 4.69) is 10.0 Å². The van der Waals surface area contributed by atoms with Crippen LogP contribution in [0.25, 0.3) is 0 Å². The number of amides is 1. The highest BCUT2D eigenvalue weighted by atomic mass is 32.2. The molecule has 0 aliphatic rings. The van der Waals surface area contributed by atoms with Crippen LogP contribution < -0.4 is 15.8 Å². The van der Waals surface area contributed by atoms with Gasteiger partial charge in [-0.25, -0.2) is 13.1 Å². The minimum Gasteiger partial charge on any atom is -0.399 e. The molecule has 2 aromatic carbocycles. The number of carbonyl (C=O) groups is 1. The molecule has 0 radical (unpaired) electrons. The van der Waals surface area contributed by atoms with E-state index in [0.29, 0.717) is 16.8 Å². The number of carbonyl (C=O) groups excluding carboxylic acids is 1. The van der Waals surface area contributed by atoms with E-state index >= 15 is 0 Å². The van der Waals surface area contributed by atoms with Crippen molar-refractivity contribution in [3.05, 3.63) is 59.2 Å². The van der Waals surface area contributed by atoms with Crippen LogP contribution >= 0.6 is 0 Å². The van der Waals surface area contributed by atoms with Crippen molar-refractivity contribution >= 4 is 21.6 Å². The number of nitrogen functional groups attached to an aromatic ring is 1. The molecule has 0 unspecified atom stereocenters. The van der Waals surface area contributed by atoms with Crippen LogP contribution in [0.5, 0.6) is 0 Å². The van der Waals surface area contributed by atoms with Crippen molar-refractivity contribution < 1.29 is 17.9 Å². The summed E-state index contributed by atoms with van der Waals surface area (Å²) in [6, 6.07) is 11.5. The Morgan fingerprint density at radius 2 is 1.96 bits per heavy atom. The first-order valence-corrected chi connectivity index (χ1v) is 9.53. The highest BCUT2D eigenvalue weighted by molar-refractivity contribution is 7.89. The number of nitrogens with two attached hydrogens (primary N) is 1. The van der Waals surface area contributed by atoms with Gasteiger partial charge in [0.05, 0.1) is 11.5 Å². The molecule has 0 heterocycles. The normalized spacial score (nSPS) is 11.3. The Labute approximate surface area is 153 Å². The summed E-state index contributed by atoms with van der Waals surface area (Å²) in [4.78, 5) is 12.5. The molecule has 0 bridgehead atoms. The molecule has 0 saturated heterocycles. The van der Waals surface area contributed by atoms with Crippen molar-refractivity contribution in [2.45, 2.75) is 18.4 Å². The van der Waals surface area contributed by atoms with E-state index in [1.54, 1.807) is 30.3 Å². The summed E-state index contributed by atoms with van der Waals surface area (Å²) in [5.41, 5.74) is 8.22. The van der Waals surface area contributed by atoms with Crippen molar-refractivity contribution in [1.29, 1.82) is 0 Å². The minimum atomic E-state index is -3.62. The second-order valence-corrected chi connectivity index (χ2v) is 7.56. The quantitative estimate of drug-likeness (QED) is 0.476. The van der Waals surface area contributed by atoms with Gasteiger partial charge in [-0.3, -0.25) is 4.79 Å². The molecule has 0 aromatic heterocycles. The Morgan fingerprint density at radius 1 is 1.19 bits per heavy atom. The first-order chi connectivity index (χ1) is 12.3. The molecule has 0 spiro atoms. The van der Waals surface area contributed by atoms with Gasteiger partial charge in [0, 0.05) is 31.5 Å². The number of methoxy groups -OCH3 is 1. The zero-order chi connectivity index (χ0) is 19.2. The van der Waals surface area contributed by atoms with Crippen LogP contribution in [0.15, 0.2) is 47.4 Å². The molecule has 0 saturated carbocycles. The number of benzene rings is 2. The second kappa shape index (κ2) is 8.79. The van der Waals surface area contributed by atoms with Crippen LogP contribution in [0.2, 0.25) is 0 Å². The third kappa shape index (κ3) is 5.29. The molecular formula is C18H23N3O4S. The lowest BCUT2D eigenvalue weighted by molar-refractivity contribution is 0.0950. The number of rotatable bonds is 8. The highest BCUT2D eigenvalue weighted by Gasteiger charge is 2.14. The number of nitrogens with one attached hydrogen (secondary N) is 2. The van der Waals surface area contributed by atoms with Crippen LogP contribution in [-0.4, -0.2) is 34.6 Å². The van der Waals surface area contributed by atoms with Crippen molar-refractivity contribution in [3.8, 4) is 0 Å². The highest BCUT2D eigenvalue weighted by Crippen LogP contribution is 2.14. The van der Waals surface area contributed by atoms with Crippen molar-refractivity contribution in [2.24, 2.45) is 0 Å². The summed E-state index contributed by atoms with van der Waals surface area (Å²) in [7, 11) is -2.12. The maximum Gasteiger partial charge on any atom is 0.251 e. The Kier molecular flexibility index (Phi) is 6.73. The fourth-order valence-corrected chi connectivity index (χ4v) is 3.43. The predicted octanol–water partition coefficient (Wildman–Crippen LogP) is 1.43. The molecule has 7 nitrogen and oxygen atoms in total. The lowest BCUT2D eigenvalue weighted by atomic mass is 10.1. The number of sulfonamides is 1. The molecule has 26 heavy (non-hydrogen) atoms. The fourth-order valence-electron chi connectivity index (χ4n) is 2.35. The smallest absolute Gasteiger partial charge is 0.251 e. The lowest BCUT2D eigenvalue weighted by Crippen LogP contribution is -2.27. The fraction of sp³-hybridized carbons (Fsp3) is 0.278. The molecule has 8 heteroatoms. The maximum atomic E-state index is 12.3.